The molecule has 1 fully saturated rings. The van der Waals surface area contributed by atoms with Gasteiger partial charge in [-0.05, 0) is 30.2 Å². The van der Waals surface area contributed by atoms with E-state index in [1.807, 2.05) is 0 Å². The monoisotopic (exact) mass is 320 g/mol. The molecule has 1 aliphatic rings. The van der Waals surface area contributed by atoms with Crippen LogP contribution < -0.4 is 5.32 Å². The van der Waals surface area contributed by atoms with Crippen LogP contribution in [0.15, 0.2) is 42.5 Å². The number of hydrogen-bond acceptors (Lipinski definition) is 4. The van der Waals surface area contributed by atoms with Crippen molar-refractivity contribution in [3.05, 3.63) is 69.8 Å². The summed E-state index contributed by atoms with van der Waals surface area (Å²) in [5, 5.41) is 14.2. The maximum absolute atomic E-state index is 13.4. The number of nitrogens with one attached hydrogen (secondary N) is 1. The highest BCUT2D eigenvalue weighted by Crippen LogP contribution is 2.34. The van der Waals surface area contributed by atoms with Crippen LogP contribution in [-0.2, 0) is 4.74 Å². The van der Waals surface area contributed by atoms with Gasteiger partial charge in [0, 0.05) is 12.7 Å². The van der Waals surface area contributed by atoms with Crippen LogP contribution in [0.3, 0.4) is 0 Å². The summed E-state index contributed by atoms with van der Waals surface area (Å²) in [6, 6.07) is 9.64. The number of benzene rings is 2. The van der Waals surface area contributed by atoms with Gasteiger partial charge in [0.2, 0.25) is 0 Å². The topological polar surface area (TPSA) is 64.4 Å². The minimum Gasteiger partial charge on any atom is -0.374 e. The number of para-hydroxylation sites is 2. The molecule has 0 amide bonds. The Morgan fingerprint density at radius 3 is 2.70 bits per heavy atom. The van der Waals surface area contributed by atoms with Gasteiger partial charge in [0.15, 0.2) is 11.6 Å². The number of halogens is 2. The number of anilines is 1. The zero-order chi connectivity index (χ0) is 16.4. The van der Waals surface area contributed by atoms with Gasteiger partial charge in [-0.2, -0.15) is 0 Å². The first-order valence-corrected chi connectivity index (χ1v) is 7.13. The van der Waals surface area contributed by atoms with E-state index in [4.69, 9.17) is 4.74 Å². The molecule has 0 aromatic heterocycles. The lowest BCUT2D eigenvalue weighted by molar-refractivity contribution is -0.384. The molecule has 0 saturated carbocycles. The fourth-order valence-corrected chi connectivity index (χ4v) is 2.71. The van der Waals surface area contributed by atoms with E-state index in [0.717, 1.165) is 12.1 Å². The third-order valence-electron chi connectivity index (χ3n) is 3.81. The molecule has 1 heterocycles. The molecule has 1 aliphatic heterocycles. The zero-order valence-corrected chi connectivity index (χ0v) is 12.0. The summed E-state index contributed by atoms with van der Waals surface area (Å²) in [5.41, 5.74) is 0.835. The van der Waals surface area contributed by atoms with Crippen LogP contribution in [0, 0.1) is 21.7 Å². The number of ether oxygens (including phenoxy) is 1. The fraction of sp³-hybridized carbons (Fsp3) is 0.250. The molecule has 120 valence electrons. The van der Waals surface area contributed by atoms with Crippen molar-refractivity contribution in [2.75, 3.05) is 11.9 Å². The van der Waals surface area contributed by atoms with Gasteiger partial charge >= 0.3 is 0 Å². The second-order valence-electron chi connectivity index (χ2n) is 5.28. The summed E-state index contributed by atoms with van der Waals surface area (Å²) in [6.45, 7) is 0.432. The number of nitrogens with zero attached hydrogens (tertiary/aromatic N) is 1. The predicted octanol–water partition coefficient (Wildman–Crippen LogP) is 3.82. The van der Waals surface area contributed by atoms with Crippen LogP contribution >= 0.6 is 0 Å². The minimum absolute atomic E-state index is 0.0385. The summed E-state index contributed by atoms with van der Waals surface area (Å²) >= 11 is 0. The van der Waals surface area contributed by atoms with Crippen LogP contribution in [0.5, 0.6) is 0 Å². The van der Waals surface area contributed by atoms with Crippen molar-refractivity contribution in [1.29, 1.82) is 0 Å². The summed E-state index contributed by atoms with van der Waals surface area (Å²) in [4.78, 5) is 10.6. The zero-order valence-electron chi connectivity index (χ0n) is 12.0. The van der Waals surface area contributed by atoms with E-state index in [1.54, 1.807) is 18.2 Å². The maximum atomic E-state index is 13.4. The first kappa shape index (κ1) is 15.4. The van der Waals surface area contributed by atoms with Crippen LogP contribution in [0.25, 0.3) is 0 Å². The lowest BCUT2D eigenvalue weighted by Crippen LogP contribution is -2.23. The van der Waals surface area contributed by atoms with Gasteiger partial charge in [-0.15, -0.1) is 0 Å². The van der Waals surface area contributed by atoms with Crippen molar-refractivity contribution in [3.63, 3.8) is 0 Å². The van der Waals surface area contributed by atoms with Gasteiger partial charge in [-0.1, -0.05) is 18.2 Å². The van der Waals surface area contributed by atoms with Crippen molar-refractivity contribution >= 4 is 11.4 Å². The van der Waals surface area contributed by atoms with Gasteiger partial charge in [-0.25, -0.2) is 8.78 Å². The molecule has 0 radical (unpaired) electrons. The first-order valence-electron chi connectivity index (χ1n) is 7.13. The van der Waals surface area contributed by atoms with E-state index >= 15 is 0 Å². The highest BCUT2D eigenvalue weighted by molar-refractivity contribution is 5.61. The van der Waals surface area contributed by atoms with E-state index in [9.17, 15) is 18.9 Å². The molecule has 2 atom stereocenters. The van der Waals surface area contributed by atoms with Gasteiger partial charge in [-0.3, -0.25) is 10.1 Å². The standard InChI is InChI=1S/C16H14F2N2O3/c17-11-6-5-10(9-12(11)18)16-14(7-8-23-16)19-13-3-1-2-4-15(13)20(21)22/h1-6,9,14,16,19H,7-8H2. The molecule has 0 spiro atoms. The second kappa shape index (κ2) is 6.29. The lowest BCUT2D eigenvalue weighted by atomic mass is 10.0. The van der Waals surface area contributed by atoms with Gasteiger partial charge in [0.25, 0.3) is 5.69 Å². The highest BCUT2D eigenvalue weighted by atomic mass is 19.2. The van der Waals surface area contributed by atoms with Gasteiger partial charge in [0.1, 0.15) is 11.8 Å². The predicted molar refractivity (Wildman–Crippen MR) is 80.2 cm³/mol. The van der Waals surface area contributed by atoms with Crippen molar-refractivity contribution in [2.45, 2.75) is 18.6 Å². The Bertz CT molecular complexity index is 739. The minimum atomic E-state index is -0.942. The molecule has 1 N–H and O–H groups in total. The molecular formula is C16H14F2N2O3. The summed E-state index contributed by atoms with van der Waals surface area (Å²) in [7, 11) is 0. The third kappa shape index (κ3) is 3.14. The quantitative estimate of drug-likeness (QED) is 0.687. The second-order valence-corrected chi connectivity index (χ2v) is 5.28. The van der Waals surface area contributed by atoms with E-state index in [1.165, 1.54) is 12.1 Å². The van der Waals surface area contributed by atoms with Crippen LogP contribution in [0.4, 0.5) is 20.2 Å². The molecule has 5 nitrogen and oxygen atoms in total. The fourth-order valence-electron chi connectivity index (χ4n) is 2.71. The molecule has 2 unspecified atom stereocenters. The van der Waals surface area contributed by atoms with Gasteiger partial charge < -0.3 is 10.1 Å². The average molecular weight is 320 g/mol. The first-order chi connectivity index (χ1) is 11.1. The van der Waals surface area contributed by atoms with Crippen LogP contribution in [0.1, 0.15) is 18.1 Å². The normalized spacial score (nSPS) is 20.4. The molecule has 2 aromatic carbocycles. The molecule has 3 rings (SSSR count). The van der Waals surface area contributed by atoms with Crippen molar-refractivity contribution < 1.29 is 18.4 Å². The Morgan fingerprint density at radius 2 is 1.96 bits per heavy atom. The Balaban J connectivity index is 1.85. The SMILES string of the molecule is O=[N+]([O-])c1ccccc1NC1CCOC1c1ccc(F)c(F)c1. The van der Waals surface area contributed by atoms with E-state index < -0.39 is 22.7 Å². The van der Waals surface area contributed by atoms with Crippen LogP contribution in [0.2, 0.25) is 0 Å². The molecule has 0 aliphatic carbocycles. The summed E-state index contributed by atoms with van der Waals surface area (Å²) in [5.74, 6) is -1.86. The molecule has 7 heteroatoms. The van der Waals surface area contributed by atoms with Crippen molar-refractivity contribution in [1.82, 2.24) is 0 Å². The van der Waals surface area contributed by atoms with Gasteiger partial charge in [0.05, 0.1) is 11.0 Å². The Kier molecular flexibility index (Phi) is 4.20. The van der Waals surface area contributed by atoms with E-state index in [-0.39, 0.29) is 11.7 Å². The Labute approximate surface area is 131 Å². The number of rotatable bonds is 4. The Morgan fingerprint density at radius 1 is 1.17 bits per heavy atom. The largest absolute Gasteiger partial charge is 0.374 e. The van der Waals surface area contributed by atoms with Crippen molar-refractivity contribution in [2.24, 2.45) is 0 Å². The number of hydrogen-bond donors (Lipinski definition) is 1. The third-order valence-corrected chi connectivity index (χ3v) is 3.81. The number of nitro groups is 1. The van der Waals surface area contributed by atoms with Crippen molar-refractivity contribution in [3.8, 4) is 0 Å². The molecule has 1 saturated heterocycles. The van der Waals surface area contributed by atoms with Crippen LogP contribution in [-0.4, -0.2) is 17.6 Å². The van der Waals surface area contributed by atoms with E-state index in [2.05, 4.69) is 5.32 Å². The maximum Gasteiger partial charge on any atom is 0.292 e. The lowest BCUT2D eigenvalue weighted by Gasteiger charge is -2.21. The summed E-state index contributed by atoms with van der Waals surface area (Å²) in [6.07, 6.45) is 0.111. The number of nitro benzene ring substituents is 1. The smallest absolute Gasteiger partial charge is 0.292 e. The average Bonchev–Trinajstić information content (AvgIpc) is 2.98. The molecule has 23 heavy (non-hydrogen) atoms. The molecular weight excluding hydrogens is 306 g/mol. The van der Waals surface area contributed by atoms with E-state index in [0.29, 0.717) is 24.3 Å². The molecule has 0 bridgehead atoms. The highest BCUT2D eigenvalue weighted by Gasteiger charge is 2.31. The molecule has 2 aromatic rings. The summed E-state index contributed by atoms with van der Waals surface area (Å²) < 4.78 is 32.1. The Hall–Kier alpha value is -2.54.